The molecule has 8 heteroatoms. The van der Waals surface area contributed by atoms with Gasteiger partial charge in [0.05, 0.1) is 34.4 Å². The highest BCUT2D eigenvalue weighted by molar-refractivity contribution is 5.72. The number of nitrogens with zero attached hydrogens (tertiary/aromatic N) is 1. The highest BCUT2D eigenvalue weighted by Gasteiger charge is 2.31. The Bertz CT molecular complexity index is 1210. The van der Waals surface area contributed by atoms with Gasteiger partial charge in [0.25, 0.3) is 0 Å². The summed E-state index contributed by atoms with van der Waals surface area (Å²) in [5.74, 6) is -1.51. The Morgan fingerprint density at radius 1 is 0.492 bits per heavy atom. The molecule has 63 heavy (non-hydrogen) atoms. The number of allylic oxidation sites excluding steroid dienone is 10. The minimum Gasteiger partial charge on any atom is -0.477 e. The quantitative estimate of drug-likeness (QED) is 0.0281. The van der Waals surface area contributed by atoms with Gasteiger partial charge in [-0.1, -0.05) is 184 Å². The van der Waals surface area contributed by atoms with E-state index in [4.69, 9.17) is 14.2 Å². The van der Waals surface area contributed by atoms with Crippen LogP contribution in [0.3, 0.4) is 0 Å². The van der Waals surface area contributed by atoms with Crippen LogP contribution in [-0.4, -0.2) is 80.6 Å². The number of esters is 2. The minimum atomic E-state index is -0.881. The van der Waals surface area contributed by atoms with Crippen molar-refractivity contribution >= 4 is 17.9 Å². The number of ether oxygens (including phenoxy) is 3. The van der Waals surface area contributed by atoms with Gasteiger partial charge in [-0.2, -0.15) is 0 Å². The molecular formula is C55H98NO7+. The molecule has 0 heterocycles. The van der Waals surface area contributed by atoms with Gasteiger partial charge in [0.2, 0.25) is 0 Å². The Balaban J connectivity index is 4.26. The van der Waals surface area contributed by atoms with E-state index in [0.717, 1.165) is 70.6 Å². The zero-order chi connectivity index (χ0) is 46.3. The van der Waals surface area contributed by atoms with Gasteiger partial charge in [0.1, 0.15) is 6.61 Å². The first kappa shape index (κ1) is 60.0. The lowest BCUT2D eigenvalue weighted by atomic mass is 10.0. The highest BCUT2D eigenvalue weighted by atomic mass is 16.6. The smallest absolute Gasteiger partial charge is 0.362 e. The van der Waals surface area contributed by atoms with Crippen molar-refractivity contribution in [3.8, 4) is 0 Å². The summed E-state index contributed by atoms with van der Waals surface area (Å²) in [6, 6.07) is -0.623. The molecule has 0 saturated carbocycles. The van der Waals surface area contributed by atoms with Crippen LogP contribution >= 0.6 is 0 Å². The van der Waals surface area contributed by atoms with E-state index in [-0.39, 0.29) is 36.2 Å². The molecule has 0 aliphatic carbocycles. The zero-order valence-electron chi connectivity index (χ0n) is 41.5. The third kappa shape index (κ3) is 44.0. The Labute approximate surface area is 388 Å². The highest BCUT2D eigenvalue weighted by Crippen LogP contribution is 2.15. The molecule has 0 bridgehead atoms. The van der Waals surface area contributed by atoms with E-state index in [1.807, 2.05) is 21.1 Å². The maximum Gasteiger partial charge on any atom is 0.362 e. The van der Waals surface area contributed by atoms with Crippen molar-refractivity contribution in [1.82, 2.24) is 0 Å². The number of carboxylic acid groups (broad SMARTS) is 1. The largest absolute Gasteiger partial charge is 0.477 e. The van der Waals surface area contributed by atoms with Crippen LogP contribution in [-0.2, 0) is 28.6 Å². The van der Waals surface area contributed by atoms with E-state index in [1.54, 1.807) is 0 Å². The Morgan fingerprint density at radius 3 is 1.35 bits per heavy atom. The molecule has 0 spiro atoms. The molecule has 8 nitrogen and oxygen atoms in total. The fourth-order valence-electron chi connectivity index (χ4n) is 7.43. The number of carbonyl (C=O) groups is 3. The fourth-order valence-corrected chi connectivity index (χ4v) is 7.43. The lowest BCUT2D eigenvalue weighted by Gasteiger charge is -2.31. The van der Waals surface area contributed by atoms with Crippen LogP contribution in [0.2, 0.25) is 0 Å². The van der Waals surface area contributed by atoms with Gasteiger partial charge in [0.15, 0.2) is 12.1 Å². The number of likely N-dealkylation sites (N-methyl/N-ethyl adjacent to an activating group) is 1. The van der Waals surface area contributed by atoms with Gasteiger partial charge in [-0.05, 0) is 77.0 Å². The van der Waals surface area contributed by atoms with Gasteiger partial charge in [-0.15, -0.1) is 0 Å². The topological polar surface area (TPSA) is 99.1 Å². The van der Waals surface area contributed by atoms with E-state index in [9.17, 15) is 19.5 Å². The monoisotopic (exact) mass is 885 g/mol. The SMILES string of the molecule is CC/C=C/C/C=C/C/C=C/C/C=C/CCCCCC(=O)OCC(COCCC(C(=O)O)[N+](C)(C)C)OC(=O)CCCCCCCCC/C=C/CCCCCCCCCCCCCC. The second-order valence-electron chi connectivity index (χ2n) is 18.4. The van der Waals surface area contributed by atoms with Gasteiger partial charge in [-0.25, -0.2) is 4.79 Å². The molecule has 2 unspecified atom stereocenters. The van der Waals surface area contributed by atoms with Crippen LogP contribution in [0.4, 0.5) is 0 Å². The summed E-state index contributed by atoms with van der Waals surface area (Å²) in [4.78, 5) is 37.1. The molecule has 0 aromatic carbocycles. The minimum absolute atomic E-state index is 0.0476. The third-order valence-electron chi connectivity index (χ3n) is 11.4. The van der Waals surface area contributed by atoms with Crippen molar-refractivity contribution in [2.75, 3.05) is 41.0 Å². The molecule has 0 saturated heterocycles. The van der Waals surface area contributed by atoms with Gasteiger partial charge in [0, 0.05) is 19.3 Å². The predicted octanol–water partition coefficient (Wildman–Crippen LogP) is 14.9. The molecule has 0 fully saturated rings. The number of carboxylic acids is 1. The predicted molar refractivity (Wildman–Crippen MR) is 266 cm³/mol. The molecule has 1 N–H and O–H groups in total. The normalized spacial score (nSPS) is 13.3. The maximum absolute atomic E-state index is 12.8. The average Bonchev–Trinajstić information content (AvgIpc) is 3.24. The molecule has 0 aliphatic heterocycles. The molecule has 0 aromatic heterocycles. The second-order valence-corrected chi connectivity index (χ2v) is 18.4. The number of unbranched alkanes of at least 4 members (excludes halogenated alkanes) is 22. The van der Waals surface area contributed by atoms with Crippen LogP contribution in [0, 0.1) is 0 Å². The summed E-state index contributed by atoms with van der Waals surface area (Å²) in [5.41, 5.74) is 0. The lowest BCUT2D eigenvalue weighted by molar-refractivity contribution is -0.887. The molecule has 0 aliphatic rings. The van der Waals surface area contributed by atoms with E-state index in [0.29, 0.717) is 19.3 Å². The first-order valence-corrected chi connectivity index (χ1v) is 25.8. The lowest BCUT2D eigenvalue weighted by Crippen LogP contribution is -2.50. The van der Waals surface area contributed by atoms with Gasteiger partial charge >= 0.3 is 17.9 Å². The van der Waals surface area contributed by atoms with Gasteiger partial charge in [-0.3, -0.25) is 9.59 Å². The van der Waals surface area contributed by atoms with E-state index < -0.39 is 18.1 Å². The summed E-state index contributed by atoms with van der Waals surface area (Å²) < 4.78 is 17.3. The van der Waals surface area contributed by atoms with E-state index in [1.165, 1.54) is 116 Å². The molecule has 0 amide bonds. The van der Waals surface area contributed by atoms with Crippen molar-refractivity contribution in [3.63, 3.8) is 0 Å². The first-order valence-electron chi connectivity index (χ1n) is 25.8. The molecule has 0 radical (unpaired) electrons. The average molecular weight is 885 g/mol. The second kappa shape index (κ2) is 45.6. The van der Waals surface area contributed by atoms with E-state index >= 15 is 0 Å². The third-order valence-corrected chi connectivity index (χ3v) is 11.4. The summed E-state index contributed by atoms with van der Waals surface area (Å²) in [7, 11) is 5.52. The summed E-state index contributed by atoms with van der Waals surface area (Å²) >= 11 is 0. The summed E-state index contributed by atoms with van der Waals surface area (Å²) in [6.45, 7) is 4.60. The number of carbonyl (C=O) groups excluding carboxylic acids is 2. The molecular weight excluding hydrogens is 787 g/mol. The number of aliphatic carboxylic acids is 1. The number of rotatable bonds is 46. The van der Waals surface area contributed by atoms with Crippen LogP contribution in [0.25, 0.3) is 0 Å². The van der Waals surface area contributed by atoms with Crippen molar-refractivity contribution in [2.45, 2.75) is 231 Å². The Kier molecular flexibility index (Phi) is 43.4. The summed E-state index contributed by atoms with van der Waals surface area (Å²) in [5, 5.41) is 9.65. The Morgan fingerprint density at radius 2 is 0.889 bits per heavy atom. The fraction of sp³-hybridized carbons (Fsp3) is 0.764. The summed E-state index contributed by atoms with van der Waals surface area (Å²) in [6.07, 6.45) is 57.1. The van der Waals surface area contributed by atoms with Crippen LogP contribution in [0.1, 0.15) is 219 Å². The standard InChI is InChI=1S/C55H97NO7/c1-6-8-10-12-14-16-18-20-22-24-25-26-27-28-29-30-32-34-36-38-40-42-44-46-54(58)63-51(49-61-48-47-52(55(59)60)56(3,4)5)50-62-53(57)45-43-41-39-37-35-33-31-23-21-19-17-15-13-11-9-7-2/h9,11,15,17,21,23,28-29,33,35,51-52H,6-8,10,12-14,16,18-20,22,24-27,30-32,34,36-50H2,1-5H3/p+1/b11-9+,17-15+,23-21+,29-28+,35-33+. The van der Waals surface area contributed by atoms with Crippen molar-refractivity contribution in [3.05, 3.63) is 60.8 Å². The molecule has 364 valence electrons. The molecule has 0 rings (SSSR count). The van der Waals surface area contributed by atoms with Crippen LogP contribution in [0.5, 0.6) is 0 Å². The van der Waals surface area contributed by atoms with E-state index in [2.05, 4.69) is 74.6 Å². The molecule has 0 aromatic rings. The molecule has 2 atom stereocenters. The van der Waals surface area contributed by atoms with Crippen molar-refractivity contribution in [1.29, 1.82) is 0 Å². The van der Waals surface area contributed by atoms with Crippen LogP contribution < -0.4 is 0 Å². The van der Waals surface area contributed by atoms with Crippen LogP contribution in [0.15, 0.2) is 60.8 Å². The number of quaternary nitrogens is 1. The Hall–Kier alpha value is -2.97. The zero-order valence-corrected chi connectivity index (χ0v) is 41.5. The van der Waals surface area contributed by atoms with Crippen molar-refractivity contribution in [2.24, 2.45) is 0 Å². The van der Waals surface area contributed by atoms with Gasteiger partial charge < -0.3 is 23.8 Å². The number of hydrogen-bond acceptors (Lipinski definition) is 6. The maximum atomic E-state index is 12.8. The first-order chi connectivity index (χ1) is 30.6. The van der Waals surface area contributed by atoms with Crippen molar-refractivity contribution < 1.29 is 38.2 Å². The number of hydrogen-bond donors (Lipinski definition) is 1.